The van der Waals surface area contributed by atoms with Gasteiger partial charge in [-0.3, -0.25) is 14.5 Å². The minimum Gasteiger partial charge on any atom is -0.496 e. The van der Waals surface area contributed by atoms with E-state index in [-0.39, 0.29) is 18.4 Å². The van der Waals surface area contributed by atoms with E-state index in [0.717, 1.165) is 50.1 Å². The van der Waals surface area contributed by atoms with Crippen molar-refractivity contribution < 1.29 is 14.3 Å². The van der Waals surface area contributed by atoms with E-state index in [1.54, 1.807) is 7.11 Å². The number of rotatable bonds is 5. The highest BCUT2D eigenvalue weighted by atomic mass is 16.5. The summed E-state index contributed by atoms with van der Waals surface area (Å²) >= 11 is 0. The van der Waals surface area contributed by atoms with Crippen molar-refractivity contribution in [3.63, 3.8) is 0 Å². The van der Waals surface area contributed by atoms with Crippen LogP contribution in [0.15, 0.2) is 24.3 Å². The molecule has 1 aromatic rings. The van der Waals surface area contributed by atoms with Crippen molar-refractivity contribution >= 4 is 11.8 Å². The van der Waals surface area contributed by atoms with Crippen molar-refractivity contribution in [1.82, 2.24) is 15.5 Å². The average Bonchev–Trinajstić information content (AvgIpc) is 2.99. The molecule has 2 aliphatic heterocycles. The molecule has 6 nitrogen and oxygen atoms in total. The molecule has 2 aliphatic rings. The predicted octanol–water partition coefficient (Wildman–Crippen LogP) is 1.06. The van der Waals surface area contributed by atoms with Crippen molar-refractivity contribution in [2.75, 3.05) is 26.7 Å². The number of nitrogens with one attached hydrogen (secondary N) is 2. The zero-order valence-electron chi connectivity index (χ0n) is 14.1. The maximum atomic E-state index is 12.4. The summed E-state index contributed by atoms with van der Waals surface area (Å²) < 4.78 is 5.30. The van der Waals surface area contributed by atoms with Crippen molar-refractivity contribution in [3.05, 3.63) is 29.8 Å². The van der Waals surface area contributed by atoms with E-state index < -0.39 is 5.54 Å². The molecule has 0 bridgehead atoms. The molecule has 0 aromatic heterocycles. The molecule has 1 aromatic carbocycles. The lowest BCUT2D eigenvalue weighted by Gasteiger charge is -2.39. The molecule has 24 heavy (non-hydrogen) atoms. The second-order valence-electron chi connectivity index (χ2n) is 6.50. The van der Waals surface area contributed by atoms with Gasteiger partial charge in [-0.2, -0.15) is 0 Å². The lowest BCUT2D eigenvalue weighted by atomic mass is 9.86. The molecule has 0 aliphatic carbocycles. The standard InChI is InChI=1S/C18H25N3O3/c1-24-15-7-3-2-6-14(15)12-20-16(22)13-21-11-5-9-18(21)8-4-10-19-17(18)23/h2-3,6-7H,4-5,8-13H2,1H3,(H,19,23)(H,20,22). The fraction of sp³-hybridized carbons (Fsp3) is 0.556. The summed E-state index contributed by atoms with van der Waals surface area (Å²) in [6.07, 6.45) is 3.63. The van der Waals surface area contributed by atoms with E-state index in [1.165, 1.54) is 0 Å². The Morgan fingerprint density at radius 2 is 2.12 bits per heavy atom. The first-order valence-corrected chi connectivity index (χ1v) is 8.58. The molecule has 3 rings (SSSR count). The molecule has 0 radical (unpaired) electrons. The Bertz CT molecular complexity index is 619. The molecular weight excluding hydrogens is 306 g/mol. The highest BCUT2D eigenvalue weighted by Crippen LogP contribution is 2.35. The zero-order valence-corrected chi connectivity index (χ0v) is 14.1. The van der Waals surface area contributed by atoms with Crippen LogP contribution >= 0.6 is 0 Å². The van der Waals surface area contributed by atoms with Gasteiger partial charge in [0.2, 0.25) is 11.8 Å². The summed E-state index contributed by atoms with van der Waals surface area (Å²) in [4.78, 5) is 26.8. The van der Waals surface area contributed by atoms with Gasteiger partial charge < -0.3 is 15.4 Å². The first kappa shape index (κ1) is 16.8. The Hall–Kier alpha value is -2.08. The number of methoxy groups -OCH3 is 1. The second-order valence-corrected chi connectivity index (χ2v) is 6.50. The second kappa shape index (κ2) is 7.21. The van der Waals surface area contributed by atoms with Crippen molar-refractivity contribution in [2.45, 2.75) is 37.8 Å². The lowest BCUT2D eigenvalue weighted by Crippen LogP contribution is -2.60. The van der Waals surface area contributed by atoms with Gasteiger partial charge in [0.25, 0.3) is 0 Å². The molecule has 2 N–H and O–H groups in total. The van der Waals surface area contributed by atoms with Crippen molar-refractivity contribution in [1.29, 1.82) is 0 Å². The number of benzene rings is 1. The molecule has 1 atom stereocenters. The van der Waals surface area contributed by atoms with Crippen LogP contribution in [0.5, 0.6) is 5.75 Å². The fourth-order valence-electron chi connectivity index (χ4n) is 3.84. The number of carbonyl (C=O) groups is 2. The Morgan fingerprint density at radius 3 is 2.92 bits per heavy atom. The topological polar surface area (TPSA) is 70.7 Å². The zero-order chi connectivity index (χ0) is 17.0. The Morgan fingerprint density at radius 1 is 1.33 bits per heavy atom. The summed E-state index contributed by atoms with van der Waals surface area (Å²) in [6.45, 7) is 2.24. The number of amides is 2. The molecule has 0 saturated carbocycles. The molecule has 1 spiro atoms. The molecule has 2 amide bonds. The maximum Gasteiger partial charge on any atom is 0.240 e. The van der Waals surface area contributed by atoms with Crippen LogP contribution in [0.4, 0.5) is 0 Å². The van der Waals surface area contributed by atoms with E-state index in [2.05, 4.69) is 15.5 Å². The number of ether oxygens (including phenoxy) is 1. The molecule has 2 saturated heterocycles. The normalized spacial score (nSPS) is 24.0. The van der Waals surface area contributed by atoms with Crippen LogP contribution in [-0.2, 0) is 16.1 Å². The first-order chi connectivity index (χ1) is 11.7. The third-order valence-corrected chi connectivity index (χ3v) is 5.10. The molecule has 2 fully saturated rings. The molecule has 130 valence electrons. The van der Waals surface area contributed by atoms with Crippen LogP contribution < -0.4 is 15.4 Å². The Balaban J connectivity index is 1.59. The first-order valence-electron chi connectivity index (χ1n) is 8.58. The smallest absolute Gasteiger partial charge is 0.240 e. The van der Waals surface area contributed by atoms with Gasteiger partial charge in [-0.05, 0) is 38.3 Å². The van der Waals surface area contributed by atoms with Crippen LogP contribution in [0.25, 0.3) is 0 Å². The van der Waals surface area contributed by atoms with E-state index >= 15 is 0 Å². The largest absolute Gasteiger partial charge is 0.496 e. The Kier molecular flexibility index (Phi) is 5.04. The van der Waals surface area contributed by atoms with Crippen LogP contribution in [-0.4, -0.2) is 49.0 Å². The van der Waals surface area contributed by atoms with Crippen LogP contribution in [0, 0.1) is 0 Å². The molecule has 2 heterocycles. The lowest BCUT2D eigenvalue weighted by molar-refractivity contribution is -0.136. The van der Waals surface area contributed by atoms with E-state index in [9.17, 15) is 9.59 Å². The average molecular weight is 331 g/mol. The minimum absolute atomic E-state index is 0.0550. The van der Waals surface area contributed by atoms with Crippen LogP contribution in [0.1, 0.15) is 31.2 Å². The quantitative estimate of drug-likeness (QED) is 0.846. The van der Waals surface area contributed by atoms with Gasteiger partial charge in [0.05, 0.1) is 13.7 Å². The highest BCUT2D eigenvalue weighted by Gasteiger charge is 2.48. The van der Waals surface area contributed by atoms with Gasteiger partial charge in [0, 0.05) is 18.7 Å². The summed E-state index contributed by atoms with van der Waals surface area (Å²) in [5, 5.41) is 5.91. The maximum absolute atomic E-state index is 12.4. The number of para-hydroxylation sites is 1. The van der Waals surface area contributed by atoms with Crippen LogP contribution in [0.2, 0.25) is 0 Å². The third kappa shape index (κ3) is 3.24. The summed E-state index contributed by atoms with van der Waals surface area (Å²) in [6, 6.07) is 7.64. The number of piperidine rings is 1. The van der Waals surface area contributed by atoms with E-state index in [0.29, 0.717) is 6.54 Å². The predicted molar refractivity (Wildman–Crippen MR) is 90.6 cm³/mol. The van der Waals surface area contributed by atoms with Crippen molar-refractivity contribution in [3.8, 4) is 5.75 Å². The molecule has 6 heteroatoms. The number of likely N-dealkylation sites (tertiary alicyclic amines) is 1. The highest BCUT2D eigenvalue weighted by molar-refractivity contribution is 5.88. The SMILES string of the molecule is COc1ccccc1CNC(=O)CN1CCCC12CCCNC2=O. The fourth-order valence-corrected chi connectivity index (χ4v) is 3.84. The van der Waals surface area contributed by atoms with Gasteiger partial charge >= 0.3 is 0 Å². The van der Waals surface area contributed by atoms with Crippen molar-refractivity contribution in [2.24, 2.45) is 0 Å². The minimum atomic E-state index is -0.472. The Labute approximate surface area is 142 Å². The van der Waals surface area contributed by atoms with Gasteiger partial charge in [0.15, 0.2) is 0 Å². The van der Waals surface area contributed by atoms with Crippen LogP contribution in [0.3, 0.4) is 0 Å². The van der Waals surface area contributed by atoms with Gasteiger partial charge in [0.1, 0.15) is 11.3 Å². The monoisotopic (exact) mass is 331 g/mol. The molecule has 1 unspecified atom stereocenters. The number of hydrogen-bond donors (Lipinski definition) is 2. The molecular formula is C18H25N3O3. The van der Waals surface area contributed by atoms with E-state index in [4.69, 9.17) is 4.74 Å². The van der Waals surface area contributed by atoms with E-state index in [1.807, 2.05) is 24.3 Å². The number of nitrogens with zero attached hydrogens (tertiary/aromatic N) is 1. The summed E-state index contributed by atoms with van der Waals surface area (Å²) in [7, 11) is 1.62. The van der Waals surface area contributed by atoms with Gasteiger partial charge in [-0.1, -0.05) is 18.2 Å². The van der Waals surface area contributed by atoms with Gasteiger partial charge in [-0.25, -0.2) is 0 Å². The summed E-state index contributed by atoms with van der Waals surface area (Å²) in [5.41, 5.74) is 0.472. The number of hydrogen-bond acceptors (Lipinski definition) is 4. The third-order valence-electron chi connectivity index (χ3n) is 5.10. The van der Waals surface area contributed by atoms with Gasteiger partial charge in [-0.15, -0.1) is 0 Å². The summed E-state index contributed by atoms with van der Waals surface area (Å²) in [5.74, 6) is 0.798. The number of carbonyl (C=O) groups excluding carboxylic acids is 2.